The fraction of sp³-hybridized carbons (Fsp3) is 0.200. The molecule has 1 aromatic heterocycles. The molecule has 0 saturated heterocycles. The van der Waals surface area contributed by atoms with E-state index >= 15 is 0 Å². The normalized spacial score (nSPS) is 10.4. The van der Waals surface area contributed by atoms with Gasteiger partial charge in [0.15, 0.2) is 11.5 Å². The van der Waals surface area contributed by atoms with E-state index in [-0.39, 0.29) is 30.4 Å². The van der Waals surface area contributed by atoms with Gasteiger partial charge in [0.25, 0.3) is 5.69 Å². The minimum absolute atomic E-state index is 0.0901. The van der Waals surface area contributed by atoms with Gasteiger partial charge in [-0.15, -0.1) is 11.3 Å². The average Bonchev–Trinajstić information content (AvgIpc) is 3.15. The van der Waals surface area contributed by atoms with Crippen LogP contribution in [0.5, 0.6) is 11.5 Å². The lowest BCUT2D eigenvalue weighted by Gasteiger charge is -2.09. The molecule has 0 spiro atoms. The molecular weight excluding hydrogens is 394 g/mol. The Morgan fingerprint density at radius 2 is 2.03 bits per heavy atom. The number of nitro groups is 1. The van der Waals surface area contributed by atoms with Crippen LogP contribution in [0.25, 0.3) is 0 Å². The van der Waals surface area contributed by atoms with Crippen LogP contribution in [-0.4, -0.2) is 22.9 Å². The number of nitrogens with one attached hydrogen (secondary N) is 1. The summed E-state index contributed by atoms with van der Waals surface area (Å²) in [6.45, 7) is 2.03. The van der Waals surface area contributed by atoms with Gasteiger partial charge in [-0.3, -0.25) is 14.9 Å². The Hall–Kier alpha value is -3.46. The van der Waals surface area contributed by atoms with Crippen LogP contribution >= 0.6 is 11.3 Å². The van der Waals surface area contributed by atoms with Crippen LogP contribution < -0.4 is 14.8 Å². The van der Waals surface area contributed by atoms with E-state index in [0.29, 0.717) is 16.5 Å². The summed E-state index contributed by atoms with van der Waals surface area (Å²) in [5, 5.41) is 16.3. The van der Waals surface area contributed by atoms with E-state index in [1.54, 1.807) is 5.38 Å². The minimum Gasteiger partial charge on any atom is -0.493 e. The van der Waals surface area contributed by atoms with E-state index in [2.05, 4.69) is 10.3 Å². The van der Waals surface area contributed by atoms with E-state index in [4.69, 9.17) is 9.47 Å². The van der Waals surface area contributed by atoms with Crippen LogP contribution in [0.4, 0.5) is 11.4 Å². The second-order valence-electron chi connectivity index (χ2n) is 6.15. The summed E-state index contributed by atoms with van der Waals surface area (Å²) < 4.78 is 10.8. The molecule has 1 heterocycles. The molecule has 0 unspecified atom stereocenters. The van der Waals surface area contributed by atoms with Crippen LogP contribution in [0.2, 0.25) is 0 Å². The summed E-state index contributed by atoms with van der Waals surface area (Å²) in [5.74, 6) is 0.499. The van der Waals surface area contributed by atoms with Gasteiger partial charge in [-0.2, -0.15) is 0 Å². The highest BCUT2D eigenvalue weighted by Crippen LogP contribution is 2.31. The molecule has 0 fully saturated rings. The van der Waals surface area contributed by atoms with Gasteiger partial charge in [-0.1, -0.05) is 18.2 Å². The molecule has 1 N–H and O–H groups in total. The molecule has 1 amide bonds. The number of anilines is 1. The van der Waals surface area contributed by atoms with Gasteiger partial charge in [0.2, 0.25) is 5.91 Å². The molecule has 29 heavy (non-hydrogen) atoms. The number of non-ortho nitro benzene ring substituents is 1. The minimum atomic E-state index is -0.500. The first-order valence-corrected chi connectivity index (χ1v) is 9.58. The number of thiazole rings is 1. The smallest absolute Gasteiger partial charge is 0.273 e. The maximum Gasteiger partial charge on any atom is 0.273 e. The molecule has 9 heteroatoms. The van der Waals surface area contributed by atoms with Crippen molar-refractivity contribution in [3.05, 3.63) is 74.2 Å². The number of rotatable bonds is 8. The lowest BCUT2D eigenvalue weighted by Crippen LogP contribution is -2.15. The zero-order chi connectivity index (χ0) is 20.8. The molecule has 150 valence electrons. The van der Waals surface area contributed by atoms with E-state index in [1.807, 2.05) is 31.2 Å². The summed E-state index contributed by atoms with van der Waals surface area (Å²) in [4.78, 5) is 27.1. The molecule has 0 aliphatic rings. The highest BCUT2D eigenvalue weighted by molar-refractivity contribution is 7.09. The van der Waals surface area contributed by atoms with Crippen molar-refractivity contribution in [2.24, 2.45) is 0 Å². The van der Waals surface area contributed by atoms with Gasteiger partial charge in [0, 0.05) is 17.1 Å². The van der Waals surface area contributed by atoms with Gasteiger partial charge in [-0.05, 0) is 24.6 Å². The third-order valence-corrected chi connectivity index (χ3v) is 4.96. The number of carbonyl (C=O) groups excluding carboxylic acids is 1. The van der Waals surface area contributed by atoms with Crippen molar-refractivity contribution in [2.75, 3.05) is 12.4 Å². The van der Waals surface area contributed by atoms with Crippen molar-refractivity contribution in [1.82, 2.24) is 4.98 Å². The van der Waals surface area contributed by atoms with Crippen LogP contribution in [0.3, 0.4) is 0 Å². The van der Waals surface area contributed by atoms with E-state index in [9.17, 15) is 14.9 Å². The van der Waals surface area contributed by atoms with Crippen molar-refractivity contribution in [1.29, 1.82) is 0 Å². The Morgan fingerprint density at radius 3 is 2.76 bits per heavy atom. The monoisotopic (exact) mass is 413 g/mol. The van der Waals surface area contributed by atoms with Crippen LogP contribution in [0, 0.1) is 17.0 Å². The summed E-state index contributed by atoms with van der Waals surface area (Å²) in [7, 11) is 1.46. The Morgan fingerprint density at radius 1 is 1.24 bits per heavy atom. The quantitative estimate of drug-likeness (QED) is 0.440. The first-order valence-electron chi connectivity index (χ1n) is 8.70. The Kier molecular flexibility index (Phi) is 6.40. The topological polar surface area (TPSA) is 104 Å². The highest BCUT2D eigenvalue weighted by Gasteiger charge is 2.14. The van der Waals surface area contributed by atoms with E-state index in [0.717, 1.165) is 11.3 Å². The summed E-state index contributed by atoms with van der Waals surface area (Å²) in [6, 6.07) is 11.7. The van der Waals surface area contributed by atoms with Gasteiger partial charge < -0.3 is 14.8 Å². The second-order valence-corrected chi connectivity index (χ2v) is 7.10. The Balaban J connectivity index is 1.61. The highest BCUT2D eigenvalue weighted by atomic mass is 32.1. The van der Waals surface area contributed by atoms with Gasteiger partial charge in [0.1, 0.15) is 11.6 Å². The maximum atomic E-state index is 12.3. The number of benzene rings is 2. The predicted octanol–water partition coefficient (Wildman–Crippen LogP) is 4.13. The van der Waals surface area contributed by atoms with Crippen molar-refractivity contribution >= 4 is 28.6 Å². The van der Waals surface area contributed by atoms with Crippen LogP contribution in [0.1, 0.15) is 16.3 Å². The van der Waals surface area contributed by atoms with Gasteiger partial charge >= 0.3 is 0 Å². The Bertz CT molecular complexity index is 1030. The maximum absolute atomic E-state index is 12.3. The van der Waals surface area contributed by atoms with E-state index < -0.39 is 4.92 Å². The summed E-state index contributed by atoms with van der Waals surface area (Å²) in [5.41, 5.74) is 2.30. The molecule has 0 saturated carbocycles. The number of para-hydroxylation sites is 1. The molecule has 0 radical (unpaired) electrons. The van der Waals surface area contributed by atoms with Crippen molar-refractivity contribution in [2.45, 2.75) is 20.0 Å². The van der Waals surface area contributed by atoms with Crippen molar-refractivity contribution in [3.63, 3.8) is 0 Å². The number of hydrogen-bond acceptors (Lipinski definition) is 7. The fourth-order valence-electron chi connectivity index (χ4n) is 2.58. The first-order chi connectivity index (χ1) is 14.0. The number of amides is 1. The molecule has 0 bridgehead atoms. The standard InChI is InChI=1S/C20H19N3O5S/c1-13-5-3-4-6-16(13)22-19(24)10-20-21-14(12-29-20)11-28-18-9-15(23(25)26)7-8-17(18)27-2/h3-9,12H,10-11H2,1-2H3,(H,22,24). The molecule has 3 rings (SSSR count). The third kappa shape index (κ3) is 5.29. The number of nitro benzene ring substituents is 1. The molecule has 0 aliphatic heterocycles. The van der Waals surface area contributed by atoms with Gasteiger partial charge in [-0.25, -0.2) is 4.98 Å². The largest absolute Gasteiger partial charge is 0.493 e. The first kappa shape index (κ1) is 20.3. The number of methoxy groups -OCH3 is 1. The lowest BCUT2D eigenvalue weighted by molar-refractivity contribution is -0.385. The zero-order valence-electron chi connectivity index (χ0n) is 15.9. The van der Waals surface area contributed by atoms with Crippen LogP contribution in [-0.2, 0) is 17.8 Å². The number of carbonyl (C=O) groups is 1. The van der Waals surface area contributed by atoms with Gasteiger partial charge in [0.05, 0.1) is 30.2 Å². The van der Waals surface area contributed by atoms with Crippen molar-refractivity contribution < 1.29 is 19.2 Å². The molecule has 2 aromatic carbocycles. The average molecular weight is 413 g/mol. The predicted molar refractivity (Wildman–Crippen MR) is 110 cm³/mol. The number of ether oxygens (including phenoxy) is 2. The summed E-state index contributed by atoms with van der Waals surface area (Å²) >= 11 is 1.35. The number of nitrogens with zero attached hydrogens (tertiary/aromatic N) is 2. The zero-order valence-corrected chi connectivity index (χ0v) is 16.7. The molecule has 0 atom stereocenters. The fourth-order valence-corrected chi connectivity index (χ4v) is 3.36. The Labute approximate surface area is 171 Å². The van der Waals surface area contributed by atoms with Crippen molar-refractivity contribution in [3.8, 4) is 11.5 Å². The van der Waals surface area contributed by atoms with E-state index in [1.165, 1.54) is 36.6 Å². The lowest BCUT2D eigenvalue weighted by atomic mass is 10.2. The molecular formula is C20H19N3O5S. The molecule has 0 aliphatic carbocycles. The number of aryl methyl sites for hydroxylation is 1. The third-order valence-electron chi connectivity index (χ3n) is 4.06. The SMILES string of the molecule is COc1ccc([N+](=O)[O-])cc1OCc1csc(CC(=O)Nc2ccccc2C)n1. The van der Waals surface area contributed by atoms with Crippen LogP contribution in [0.15, 0.2) is 47.8 Å². The second kappa shape index (κ2) is 9.16. The number of aromatic nitrogens is 1. The molecule has 3 aromatic rings. The summed E-state index contributed by atoms with van der Waals surface area (Å²) in [6.07, 6.45) is 0.152. The molecule has 8 nitrogen and oxygen atoms in total. The number of hydrogen-bond donors (Lipinski definition) is 1.